The Hall–Kier alpha value is -2.19. The number of nitrogens with two attached hydrogens (primary N) is 1. The van der Waals surface area contributed by atoms with Gasteiger partial charge in [0.25, 0.3) is 11.5 Å². The van der Waals surface area contributed by atoms with Crippen LogP contribution in [0.1, 0.15) is 48.0 Å². The van der Waals surface area contributed by atoms with Gasteiger partial charge in [-0.3, -0.25) is 9.59 Å². The van der Waals surface area contributed by atoms with Crippen molar-refractivity contribution in [2.24, 2.45) is 5.41 Å². The predicted octanol–water partition coefficient (Wildman–Crippen LogP) is -2.03. The average Bonchev–Trinajstić information content (AvgIpc) is 3.27. The molecule has 2 heterocycles. The van der Waals surface area contributed by atoms with Crippen molar-refractivity contribution in [1.82, 2.24) is 9.47 Å². The van der Waals surface area contributed by atoms with E-state index in [2.05, 4.69) is 5.32 Å². The van der Waals surface area contributed by atoms with Crippen LogP contribution in [0.15, 0.2) is 41.3 Å². The number of carbonyl (C=O) groups excluding carboxylic acids is 1. The van der Waals surface area contributed by atoms with E-state index in [-0.39, 0.29) is 42.4 Å². The van der Waals surface area contributed by atoms with E-state index in [1.54, 1.807) is 26.4 Å². The fraction of sp³-hybridized carbons (Fsp3) is 0.520. The minimum Gasteiger partial charge on any atom is -1.00 e. The molecule has 4 N–H and O–H groups in total. The Kier molecular flexibility index (Phi) is 7.69. The number of pyridine rings is 1. The maximum atomic E-state index is 13.2. The van der Waals surface area contributed by atoms with E-state index in [9.17, 15) is 19.8 Å². The summed E-state index contributed by atoms with van der Waals surface area (Å²) in [6.45, 7) is 1.71. The van der Waals surface area contributed by atoms with Gasteiger partial charge in [-0.05, 0) is 24.0 Å². The number of benzene rings is 1. The van der Waals surface area contributed by atoms with Crippen molar-refractivity contribution >= 4 is 5.91 Å². The van der Waals surface area contributed by atoms with Crippen molar-refractivity contribution in [2.75, 3.05) is 27.2 Å². The fourth-order valence-electron chi connectivity index (χ4n) is 5.68. The maximum absolute atomic E-state index is 13.2. The largest absolute Gasteiger partial charge is 1.00 e. The number of aromatic nitrogens is 1. The lowest BCUT2D eigenvalue weighted by molar-refractivity contribution is -0.685. The normalized spacial score (nSPS) is 21.6. The number of piperidine rings is 1. The highest BCUT2D eigenvalue weighted by Gasteiger charge is 2.55. The van der Waals surface area contributed by atoms with Crippen LogP contribution in [0.2, 0.25) is 0 Å². The zero-order chi connectivity index (χ0) is 22.9. The van der Waals surface area contributed by atoms with Crippen molar-refractivity contribution in [2.45, 2.75) is 50.9 Å². The summed E-state index contributed by atoms with van der Waals surface area (Å²) >= 11 is 0. The molecule has 1 amide bonds. The SMILES string of the molecule is CN(C)C(=O)c1cn(CC2(O)CC[NH2+]CC23CCCC3)c(=O)cc1-c1ccccc1CO.[Cl-]. The van der Waals surface area contributed by atoms with Crippen LogP contribution < -0.4 is 23.3 Å². The molecule has 1 aromatic carbocycles. The summed E-state index contributed by atoms with van der Waals surface area (Å²) in [4.78, 5) is 27.8. The fourth-order valence-corrected chi connectivity index (χ4v) is 5.68. The number of quaternary nitrogens is 1. The predicted molar refractivity (Wildman–Crippen MR) is 122 cm³/mol. The Balaban J connectivity index is 0.00000306. The van der Waals surface area contributed by atoms with E-state index in [1.165, 1.54) is 15.5 Å². The van der Waals surface area contributed by atoms with Crippen LogP contribution in [0.25, 0.3) is 11.1 Å². The second kappa shape index (κ2) is 9.97. The Labute approximate surface area is 200 Å². The second-order valence-electron chi connectivity index (χ2n) is 9.63. The number of amides is 1. The molecule has 4 rings (SSSR count). The highest BCUT2D eigenvalue weighted by molar-refractivity contribution is 6.00. The maximum Gasteiger partial charge on any atom is 0.255 e. The van der Waals surface area contributed by atoms with Crippen LogP contribution in [0.3, 0.4) is 0 Å². The number of aliphatic hydroxyl groups is 2. The van der Waals surface area contributed by atoms with Crippen molar-refractivity contribution in [3.05, 3.63) is 58.0 Å². The number of hydrogen-bond donors (Lipinski definition) is 3. The van der Waals surface area contributed by atoms with Crippen molar-refractivity contribution < 1.29 is 32.7 Å². The van der Waals surface area contributed by atoms with Gasteiger partial charge in [-0.15, -0.1) is 0 Å². The third kappa shape index (κ3) is 4.60. The van der Waals surface area contributed by atoms with Gasteiger partial charge in [-0.25, -0.2) is 0 Å². The van der Waals surface area contributed by atoms with Crippen molar-refractivity contribution in [1.29, 1.82) is 0 Å². The summed E-state index contributed by atoms with van der Waals surface area (Å²) < 4.78 is 1.52. The molecule has 1 spiro atoms. The Morgan fingerprint density at radius 1 is 1.15 bits per heavy atom. The minimum atomic E-state index is -0.967. The molecule has 0 radical (unpaired) electrons. The summed E-state index contributed by atoms with van der Waals surface area (Å²) in [6, 6.07) is 8.73. The summed E-state index contributed by atoms with van der Waals surface area (Å²) in [5.74, 6) is -0.221. The van der Waals surface area contributed by atoms with Gasteiger partial charge in [-0.1, -0.05) is 37.1 Å². The van der Waals surface area contributed by atoms with Gasteiger partial charge in [0.15, 0.2) is 0 Å². The number of carbonyl (C=O) groups is 1. The Bertz CT molecular complexity index is 1060. The number of nitrogens with zero attached hydrogens (tertiary/aromatic N) is 2. The monoisotopic (exact) mass is 475 g/mol. The molecule has 1 aliphatic carbocycles. The van der Waals surface area contributed by atoms with E-state index < -0.39 is 5.60 Å². The van der Waals surface area contributed by atoms with Crippen LogP contribution in [0.5, 0.6) is 0 Å². The number of rotatable bonds is 5. The Morgan fingerprint density at radius 2 is 1.85 bits per heavy atom. The highest BCUT2D eigenvalue weighted by atomic mass is 35.5. The minimum absolute atomic E-state index is 0. The molecule has 1 aromatic heterocycles. The van der Waals surface area contributed by atoms with Crippen LogP contribution in [-0.2, 0) is 13.2 Å². The summed E-state index contributed by atoms with van der Waals surface area (Å²) in [7, 11) is 3.36. The van der Waals surface area contributed by atoms with Gasteiger partial charge in [0.05, 0.1) is 42.8 Å². The Morgan fingerprint density at radius 3 is 2.52 bits per heavy atom. The molecule has 1 saturated heterocycles. The first-order chi connectivity index (χ1) is 15.3. The molecule has 1 unspecified atom stereocenters. The van der Waals surface area contributed by atoms with Crippen LogP contribution >= 0.6 is 0 Å². The quantitative estimate of drug-likeness (QED) is 0.464. The molecule has 1 aliphatic heterocycles. The van der Waals surface area contributed by atoms with Gasteiger partial charge in [-0.2, -0.15) is 0 Å². The standard InChI is InChI=1S/C25H33N3O4.ClH/c1-27(2)23(31)21-14-28(17-25(32)11-12-26-16-24(25)9-5-6-10-24)22(30)13-20(21)19-8-4-3-7-18(19)15-29;/h3-4,7-8,13-14,26,29,32H,5-6,9-12,15-17H2,1-2H3;1H. The lowest BCUT2D eigenvalue weighted by Crippen LogP contribution is -3.00. The summed E-state index contributed by atoms with van der Waals surface area (Å²) in [5.41, 5.74) is 0.825. The van der Waals surface area contributed by atoms with E-state index in [0.29, 0.717) is 28.7 Å². The number of halogens is 1. The molecular weight excluding hydrogens is 442 g/mol. The average molecular weight is 476 g/mol. The lowest BCUT2D eigenvalue weighted by Gasteiger charge is -2.47. The molecule has 8 heteroatoms. The molecule has 2 aromatic rings. The van der Waals surface area contributed by atoms with Crippen LogP contribution in [0, 0.1) is 5.41 Å². The summed E-state index contributed by atoms with van der Waals surface area (Å²) in [6.07, 6.45) is 6.39. The van der Waals surface area contributed by atoms with Crippen molar-refractivity contribution in [3.63, 3.8) is 0 Å². The van der Waals surface area contributed by atoms with Gasteiger partial charge in [0.2, 0.25) is 0 Å². The van der Waals surface area contributed by atoms with E-state index in [4.69, 9.17) is 0 Å². The summed E-state index contributed by atoms with van der Waals surface area (Å²) in [5, 5.41) is 23.9. The van der Waals surface area contributed by atoms with E-state index in [1.807, 2.05) is 18.2 Å². The number of hydrogen-bond acceptors (Lipinski definition) is 4. The lowest BCUT2D eigenvalue weighted by atomic mass is 9.66. The van der Waals surface area contributed by atoms with Gasteiger partial charge in [0, 0.05) is 38.3 Å². The van der Waals surface area contributed by atoms with E-state index in [0.717, 1.165) is 38.8 Å². The van der Waals surface area contributed by atoms with Crippen LogP contribution in [-0.4, -0.2) is 58.4 Å². The molecule has 33 heavy (non-hydrogen) atoms. The first-order valence-corrected chi connectivity index (χ1v) is 11.5. The molecular formula is C25H34ClN3O4. The van der Waals surface area contributed by atoms with Gasteiger partial charge >= 0.3 is 0 Å². The topological polar surface area (TPSA) is 99.4 Å². The zero-order valence-corrected chi connectivity index (χ0v) is 20.1. The number of aliphatic hydroxyl groups excluding tert-OH is 1. The van der Waals surface area contributed by atoms with Crippen LogP contribution in [0.4, 0.5) is 0 Å². The zero-order valence-electron chi connectivity index (χ0n) is 19.4. The van der Waals surface area contributed by atoms with Gasteiger partial charge < -0.3 is 37.4 Å². The second-order valence-corrected chi connectivity index (χ2v) is 9.63. The molecule has 180 valence electrons. The third-order valence-electron chi connectivity index (χ3n) is 7.52. The molecule has 2 fully saturated rings. The van der Waals surface area contributed by atoms with E-state index >= 15 is 0 Å². The smallest absolute Gasteiger partial charge is 0.255 e. The van der Waals surface area contributed by atoms with Gasteiger partial charge in [0.1, 0.15) is 0 Å². The molecule has 2 aliphatic rings. The molecule has 1 atom stereocenters. The molecule has 0 bridgehead atoms. The molecule has 7 nitrogen and oxygen atoms in total. The third-order valence-corrected chi connectivity index (χ3v) is 7.52. The highest BCUT2D eigenvalue weighted by Crippen LogP contribution is 2.48. The molecule has 1 saturated carbocycles. The first kappa shape index (κ1) is 25.4. The first-order valence-electron chi connectivity index (χ1n) is 11.5. The van der Waals surface area contributed by atoms with Crippen molar-refractivity contribution in [3.8, 4) is 11.1 Å².